The van der Waals surface area contributed by atoms with Gasteiger partial charge in [-0.15, -0.1) is 0 Å². The van der Waals surface area contributed by atoms with Gasteiger partial charge in [-0.3, -0.25) is 0 Å². The molecule has 0 spiro atoms. The molecule has 0 nitrogen and oxygen atoms in total. The Balaban J connectivity index is 0.000000720. The third-order valence-corrected chi connectivity index (χ3v) is 8.68. The van der Waals surface area contributed by atoms with Gasteiger partial charge in [-0.2, -0.15) is 0 Å². The molecule has 2 heteroatoms. The van der Waals surface area contributed by atoms with Gasteiger partial charge < -0.3 is 17.0 Å². The second kappa shape index (κ2) is 4.65. The van der Waals surface area contributed by atoms with Gasteiger partial charge in [0.15, 0.2) is 0 Å². The normalized spacial score (nSPS) is 15.4. The predicted molar refractivity (Wildman–Crippen MR) is 50.1 cm³/mol. The van der Waals surface area contributed by atoms with Crippen LogP contribution >= 0.6 is 0 Å². The molecule has 1 heterocycles. The van der Waals surface area contributed by atoms with E-state index in [4.69, 9.17) is 0 Å². The van der Waals surface area contributed by atoms with E-state index in [1.807, 2.05) is 0 Å². The molecule has 0 amide bonds. The van der Waals surface area contributed by atoms with E-state index in [0.717, 1.165) is 0 Å². The quantitative estimate of drug-likeness (QED) is 0.598. The Bertz CT molecular complexity index is 235. The van der Waals surface area contributed by atoms with Gasteiger partial charge in [0.2, 0.25) is 0 Å². The molecule has 1 aromatic carbocycles. The van der Waals surface area contributed by atoms with Gasteiger partial charge >= 0.3 is 75.3 Å². The van der Waals surface area contributed by atoms with Gasteiger partial charge in [-0.05, 0) is 0 Å². The van der Waals surface area contributed by atoms with Crippen molar-refractivity contribution in [1.29, 1.82) is 0 Å². The van der Waals surface area contributed by atoms with Crippen molar-refractivity contribution in [3.05, 3.63) is 35.4 Å². The first-order valence-electron chi connectivity index (χ1n) is 4.11. The van der Waals surface area contributed by atoms with Gasteiger partial charge in [0.25, 0.3) is 0 Å². The first kappa shape index (κ1) is 10.6. The van der Waals surface area contributed by atoms with Gasteiger partial charge in [-0.1, -0.05) is 0 Å². The monoisotopic (exact) mass is 342 g/mol. The molecule has 2 rings (SSSR count). The summed E-state index contributed by atoms with van der Waals surface area (Å²) in [6.45, 7) is 2.36. The van der Waals surface area contributed by atoms with Gasteiger partial charge in [0, 0.05) is 0 Å². The second-order valence-electron chi connectivity index (χ2n) is 2.96. The molecule has 66 valence electrons. The molecule has 0 radical (unpaired) electrons. The largest absolute Gasteiger partial charge is 1.00 e. The van der Waals surface area contributed by atoms with E-state index in [-0.39, 0.29) is 17.0 Å². The van der Waals surface area contributed by atoms with Crippen molar-refractivity contribution in [1.82, 2.24) is 0 Å². The minimum absolute atomic E-state index is 0. The van der Waals surface area contributed by atoms with Crippen LogP contribution in [0.15, 0.2) is 24.3 Å². The van der Waals surface area contributed by atoms with E-state index in [9.17, 15) is 0 Å². The summed E-state index contributed by atoms with van der Waals surface area (Å²) in [6.07, 6.45) is 0. The summed E-state index contributed by atoms with van der Waals surface area (Å²) in [5.74, 6) is 0. The molecule has 0 bridgehead atoms. The maximum absolute atomic E-state index is 2.36. The van der Waals surface area contributed by atoms with E-state index in [2.05, 4.69) is 31.2 Å². The van der Waals surface area contributed by atoms with Crippen molar-refractivity contribution in [3.8, 4) is 0 Å². The van der Waals surface area contributed by atoms with Crippen molar-refractivity contribution >= 4 is 19.6 Å². The molecule has 1 aromatic rings. The SMILES string of the molecule is CC[Te+]1Cc2ccccc2C1.[Br-]. The van der Waals surface area contributed by atoms with Crippen molar-refractivity contribution in [2.24, 2.45) is 0 Å². The van der Waals surface area contributed by atoms with Crippen LogP contribution in [0.5, 0.6) is 0 Å². The van der Waals surface area contributed by atoms with Crippen LogP contribution in [-0.2, 0) is 8.94 Å². The zero-order valence-corrected chi connectivity index (χ0v) is 11.1. The van der Waals surface area contributed by atoms with Crippen LogP contribution in [0.1, 0.15) is 18.1 Å². The average Bonchev–Trinajstić information content (AvgIpc) is 2.46. The molecule has 0 saturated heterocycles. The first-order chi connectivity index (χ1) is 5.40. The zero-order valence-electron chi connectivity index (χ0n) is 7.22. The van der Waals surface area contributed by atoms with Gasteiger partial charge in [0.05, 0.1) is 0 Å². The summed E-state index contributed by atoms with van der Waals surface area (Å²) in [5, 5.41) is 0. The maximum Gasteiger partial charge on any atom is -1.00 e. The molecule has 0 saturated carbocycles. The summed E-state index contributed by atoms with van der Waals surface area (Å²) in [4.78, 5) is 0. The van der Waals surface area contributed by atoms with E-state index in [1.54, 1.807) is 11.1 Å². The Morgan fingerprint density at radius 1 is 1.17 bits per heavy atom. The van der Waals surface area contributed by atoms with Crippen LogP contribution in [-0.4, -0.2) is 19.6 Å². The average molecular weight is 341 g/mol. The summed E-state index contributed by atoms with van der Waals surface area (Å²) in [5.41, 5.74) is 3.32. The fourth-order valence-electron chi connectivity index (χ4n) is 1.53. The molecule has 0 fully saturated rings. The molecular weight excluding hydrogens is 328 g/mol. The number of fused-ring (bicyclic) bond motifs is 1. The van der Waals surface area contributed by atoms with Crippen LogP contribution < -0.4 is 17.0 Å². The second-order valence-corrected chi connectivity index (χ2v) is 9.75. The summed E-state index contributed by atoms with van der Waals surface area (Å²) in [6, 6.07) is 8.98. The number of rotatable bonds is 1. The Hall–Kier alpha value is 0.490. The zero-order chi connectivity index (χ0) is 7.68. The van der Waals surface area contributed by atoms with Gasteiger partial charge in [-0.25, -0.2) is 0 Å². The maximum atomic E-state index is 2.36. The van der Waals surface area contributed by atoms with E-state index < -0.39 is 19.6 Å². The first-order valence-corrected chi connectivity index (χ1v) is 9.05. The fraction of sp³-hybridized carbons (Fsp3) is 0.400. The molecular formula is C10H13BrTe. The molecule has 12 heavy (non-hydrogen) atoms. The Kier molecular flexibility index (Phi) is 4.10. The van der Waals surface area contributed by atoms with E-state index >= 15 is 0 Å². The number of hydrogen-bond donors (Lipinski definition) is 0. The molecule has 0 N–H and O–H groups in total. The molecule has 1 aliphatic rings. The summed E-state index contributed by atoms with van der Waals surface area (Å²) < 4.78 is 4.46. The topological polar surface area (TPSA) is 0 Å². The molecule has 0 aromatic heterocycles. The van der Waals surface area contributed by atoms with Crippen LogP contribution in [0.25, 0.3) is 0 Å². The predicted octanol–water partition coefficient (Wildman–Crippen LogP) is -0.618. The fourth-order valence-corrected chi connectivity index (χ4v) is 7.11. The minimum atomic E-state index is -0.633. The van der Waals surface area contributed by atoms with Crippen molar-refractivity contribution < 1.29 is 17.0 Å². The third kappa shape index (κ3) is 2.05. The van der Waals surface area contributed by atoms with E-state index in [0.29, 0.717) is 0 Å². The standard InChI is InChI=1S/C10H13Te.BrH/c1-2-11-7-9-5-3-4-6-10(9)8-11;/h3-6H,2,7-8H2,1H3;1H/q+1;/p-1. The Labute approximate surface area is 91.8 Å². The molecule has 0 aliphatic carbocycles. The smallest absolute Gasteiger partial charge is 1.00 e. The summed E-state index contributed by atoms with van der Waals surface area (Å²) >= 11 is -0.633. The van der Waals surface area contributed by atoms with Crippen LogP contribution in [0.3, 0.4) is 0 Å². The molecule has 1 aliphatic heterocycles. The van der Waals surface area contributed by atoms with Crippen molar-refractivity contribution in [2.75, 3.05) is 0 Å². The molecule has 0 unspecified atom stereocenters. The van der Waals surface area contributed by atoms with Gasteiger partial charge in [0.1, 0.15) is 0 Å². The summed E-state index contributed by atoms with van der Waals surface area (Å²) in [7, 11) is 0. The van der Waals surface area contributed by atoms with E-state index in [1.165, 1.54) is 13.4 Å². The Morgan fingerprint density at radius 3 is 2.08 bits per heavy atom. The number of benzene rings is 1. The minimum Gasteiger partial charge on any atom is -1.00 e. The number of halogens is 1. The van der Waals surface area contributed by atoms with Crippen LogP contribution in [0.2, 0.25) is 4.47 Å². The third-order valence-electron chi connectivity index (χ3n) is 2.25. The van der Waals surface area contributed by atoms with Crippen LogP contribution in [0.4, 0.5) is 0 Å². The van der Waals surface area contributed by atoms with Crippen LogP contribution in [0, 0.1) is 0 Å². The Morgan fingerprint density at radius 2 is 1.67 bits per heavy atom. The van der Waals surface area contributed by atoms with Crippen molar-refractivity contribution in [2.45, 2.75) is 20.3 Å². The number of hydrogen-bond acceptors (Lipinski definition) is 0. The van der Waals surface area contributed by atoms with Crippen molar-refractivity contribution in [3.63, 3.8) is 0 Å². The molecule has 0 atom stereocenters.